The molecular formula is C16H14O2. The lowest BCUT2D eigenvalue weighted by Gasteiger charge is -2.05. The smallest absolute Gasteiger partial charge is 0.307 e. The van der Waals surface area contributed by atoms with E-state index in [-0.39, 0.29) is 6.42 Å². The summed E-state index contributed by atoms with van der Waals surface area (Å²) in [6.07, 6.45) is 3.57. The highest BCUT2D eigenvalue weighted by atomic mass is 16.4. The summed E-state index contributed by atoms with van der Waals surface area (Å²) in [5.41, 5.74) is 3.28. The highest BCUT2D eigenvalue weighted by molar-refractivity contribution is 5.76. The van der Waals surface area contributed by atoms with Crippen LogP contribution in [0.1, 0.15) is 12.0 Å². The van der Waals surface area contributed by atoms with Gasteiger partial charge in [-0.1, -0.05) is 66.7 Å². The van der Waals surface area contributed by atoms with Gasteiger partial charge in [-0.25, -0.2) is 0 Å². The average Bonchev–Trinajstić information content (AvgIpc) is 2.40. The first-order valence-electron chi connectivity index (χ1n) is 5.80. The van der Waals surface area contributed by atoms with Gasteiger partial charge in [0.25, 0.3) is 0 Å². The predicted molar refractivity (Wildman–Crippen MR) is 73.2 cm³/mol. The molecule has 0 bridgehead atoms. The third kappa shape index (κ3) is 3.08. The number of carbonyl (C=O) groups is 1. The molecule has 18 heavy (non-hydrogen) atoms. The van der Waals surface area contributed by atoms with E-state index in [2.05, 4.69) is 0 Å². The van der Waals surface area contributed by atoms with Crippen LogP contribution in [0.15, 0.2) is 60.7 Å². The second-order valence-corrected chi connectivity index (χ2v) is 3.95. The molecular weight excluding hydrogens is 224 g/mol. The zero-order valence-electron chi connectivity index (χ0n) is 9.91. The van der Waals surface area contributed by atoms with Crippen LogP contribution in [0.3, 0.4) is 0 Å². The number of benzene rings is 2. The quantitative estimate of drug-likeness (QED) is 0.878. The summed E-state index contributed by atoms with van der Waals surface area (Å²) in [5, 5.41) is 8.63. The van der Waals surface area contributed by atoms with Crippen molar-refractivity contribution in [3.63, 3.8) is 0 Å². The normalized spacial score (nSPS) is 10.7. The Morgan fingerprint density at radius 1 is 1.00 bits per heavy atom. The van der Waals surface area contributed by atoms with E-state index >= 15 is 0 Å². The van der Waals surface area contributed by atoms with E-state index in [1.165, 1.54) is 0 Å². The molecule has 0 aliphatic heterocycles. The first kappa shape index (κ1) is 12.1. The van der Waals surface area contributed by atoms with Crippen molar-refractivity contribution in [2.24, 2.45) is 0 Å². The summed E-state index contributed by atoms with van der Waals surface area (Å²) in [4.78, 5) is 10.5. The number of aliphatic carboxylic acids is 1. The molecule has 0 spiro atoms. The Morgan fingerprint density at radius 2 is 1.67 bits per heavy atom. The summed E-state index contributed by atoms with van der Waals surface area (Å²) in [5.74, 6) is -0.816. The Bertz CT molecular complexity index is 556. The maximum Gasteiger partial charge on any atom is 0.307 e. The van der Waals surface area contributed by atoms with Gasteiger partial charge in [-0.3, -0.25) is 4.79 Å². The second-order valence-electron chi connectivity index (χ2n) is 3.95. The van der Waals surface area contributed by atoms with E-state index in [1.54, 1.807) is 6.08 Å². The molecule has 0 heterocycles. The average molecular weight is 238 g/mol. The molecule has 1 N–H and O–H groups in total. The standard InChI is InChI=1S/C16H14O2/c17-16(18)12-6-10-14-9-4-5-11-15(14)13-7-2-1-3-8-13/h1-11H,12H2,(H,17,18)/b10-6+. The lowest BCUT2D eigenvalue weighted by molar-refractivity contribution is -0.135. The summed E-state index contributed by atoms with van der Waals surface area (Å²) < 4.78 is 0. The largest absolute Gasteiger partial charge is 0.481 e. The third-order valence-electron chi connectivity index (χ3n) is 2.64. The second kappa shape index (κ2) is 5.82. The van der Waals surface area contributed by atoms with E-state index in [4.69, 9.17) is 5.11 Å². The Morgan fingerprint density at radius 3 is 2.39 bits per heavy atom. The lowest BCUT2D eigenvalue weighted by Crippen LogP contribution is -1.90. The van der Waals surface area contributed by atoms with Crippen molar-refractivity contribution in [2.45, 2.75) is 6.42 Å². The number of hydrogen-bond donors (Lipinski definition) is 1. The van der Waals surface area contributed by atoms with Crippen LogP contribution in [0.4, 0.5) is 0 Å². The van der Waals surface area contributed by atoms with Gasteiger partial charge in [0.2, 0.25) is 0 Å². The van der Waals surface area contributed by atoms with Gasteiger partial charge in [0.1, 0.15) is 0 Å². The van der Waals surface area contributed by atoms with Crippen LogP contribution in [0.25, 0.3) is 17.2 Å². The van der Waals surface area contributed by atoms with Crippen molar-refractivity contribution in [2.75, 3.05) is 0 Å². The van der Waals surface area contributed by atoms with Crippen LogP contribution in [0.5, 0.6) is 0 Å². The molecule has 90 valence electrons. The minimum absolute atomic E-state index is 0.0448. The van der Waals surface area contributed by atoms with Gasteiger partial charge in [-0.05, 0) is 16.7 Å². The van der Waals surface area contributed by atoms with Crippen LogP contribution in [0, 0.1) is 0 Å². The Hall–Kier alpha value is -2.35. The van der Waals surface area contributed by atoms with Crippen molar-refractivity contribution in [3.05, 3.63) is 66.2 Å². The van der Waals surface area contributed by atoms with Gasteiger partial charge in [0.05, 0.1) is 6.42 Å². The molecule has 2 rings (SSSR count). The van der Waals surface area contributed by atoms with Gasteiger partial charge in [-0.15, -0.1) is 0 Å². The fourth-order valence-corrected chi connectivity index (χ4v) is 1.81. The molecule has 0 fully saturated rings. The molecule has 0 aliphatic rings. The minimum atomic E-state index is -0.816. The number of rotatable bonds is 4. The van der Waals surface area contributed by atoms with Crippen molar-refractivity contribution < 1.29 is 9.90 Å². The molecule has 2 aromatic rings. The summed E-state index contributed by atoms with van der Waals surface area (Å²) in [6.45, 7) is 0. The molecule has 0 radical (unpaired) electrons. The van der Waals surface area contributed by atoms with Gasteiger partial charge < -0.3 is 5.11 Å². The van der Waals surface area contributed by atoms with E-state index in [9.17, 15) is 4.79 Å². The van der Waals surface area contributed by atoms with E-state index in [0.29, 0.717) is 0 Å². The molecule has 0 unspecified atom stereocenters. The van der Waals surface area contributed by atoms with Crippen LogP contribution in [-0.4, -0.2) is 11.1 Å². The molecule has 0 aromatic heterocycles. The third-order valence-corrected chi connectivity index (χ3v) is 2.64. The molecule has 0 saturated heterocycles. The maximum atomic E-state index is 10.5. The van der Waals surface area contributed by atoms with Gasteiger partial charge in [0.15, 0.2) is 0 Å². The van der Waals surface area contributed by atoms with Gasteiger partial charge in [-0.2, -0.15) is 0 Å². The van der Waals surface area contributed by atoms with Crippen molar-refractivity contribution in [1.82, 2.24) is 0 Å². The number of carboxylic acid groups (broad SMARTS) is 1. The number of hydrogen-bond acceptors (Lipinski definition) is 1. The first-order chi connectivity index (χ1) is 8.77. The topological polar surface area (TPSA) is 37.3 Å². The van der Waals surface area contributed by atoms with Crippen molar-refractivity contribution in [1.29, 1.82) is 0 Å². The van der Waals surface area contributed by atoms with Crippen molar-refractivity contribution >= 4 is 12.0 Å². The van der Waals surface area contributed by atoms with Crippen molar-refractivity contribution in [3.8, 4) is 11.1 Å². The molecule has 0 amide bonds. The molecule has 2 aromatic carbocycles. The van der Waals surface area contributed by atoms with Crippen LogP contribution in [-0.2, 0) is 4.79 Å². The zero-order chi connectivity index (χ0) is 12.8. The highest BCUT2D eigenvalue weighted by Gasteiger charge is 2.01. The van der Waals surface area contributed by atoms with Gasteiger partial charge in [0, 0.05) is 0 Å². The summed E-state index contributed by atoms with van der Waals surface area (Å²) in [7, 11) is 0. The summed E-state index contributed by atoms with van der Waals surface area (Å²) in [6, 6.07) is 18.0. The number of carboxylic acids is 1. The van der Waals surface area contributed by atoms with E-state index in [1.807, 2.05) is 60.7 Å². The monoisotopic (exact) mass is 238 g/mol. The lowest BCUT2D eigenvalue weighted by atomic mass is 9.99. The van der Waals surface area contributed by atoms with Crippen LogP contribution in [0.2, 0.25) is 0 Å². The molecule has 0 saturated carbocycles. The zero-order valence-corrected chi connectivity index (χ0v) is 9.91. The molecule has 2 heteroatoms. The van der Waals surface area contributed by atoms with Crippen LogP contribution >= 0.6 is 0 Å². The highest BCUT2D eigenvalue weighted by Crippen LogP contribution is 2.24. The predicted octanol–water partition coefficient (Wildman–Crippen LogP) is 3.84. The fraction of sp³-hybridized carbons (Fsp3) is 0.0625. The molecule has 2 nitrogen and oxygen atoms in total. The fourth-order valence-electron chi connectivity index (χ4n) is 1.81. The van der Waals surface area contributed by atoms with Gasteiger partial charge >= 0.3 is 5.97 Å². The summed E-state index contributed by atoms with van der Waals surface area (Å²) >= 11 is 0. The molecule has 0 aliphatic carbocycles. The van der Waals surface area contributed by atoms with E-state index in [0.717, 1.165) is 16.7 Å². The minimum Gasteiger partial charge on any atom is -0.481 e. The Balaban J connectivity index is 2.32. The van der Waals surface area contributed by atoms with E-state index < -0.39 is 5.97 Å². The first-order valence-corrected chi connectivity index (χ1v) is 5.80. The Labute approximate surface area is 106 Å². The Kier molecular flexibility index (Phi) is 3.92. The molecule has 0 atom stereocenters. The SMILES string of the molecule is O=C(O)C/C=C/c1ccccc1-c1ccccc1. The van der Waals surface area contributed by atoms with Crippen LogP contribution < -0.4 is 0 Å². The maximum absolute atomic E-state index is 10.5.